The Morgan fingerprint density at radius 1 is 1.52 bits per heavy atom. The zero-order chi connectivity index (χ0) is 15.8. The van der Waals surface area contributed by atoms with Crippen molar-refractivity contribution in [2.75, 3.05) is 27.4 Å². The van der Waals surface area contributed by atoms with Crippen molar-refractivity contribution >= 4 is 5.91 Å². The van der Waals surface area contributed by atoms with Crippen LogP contribution in [0.2, 0.25) is 0 Å². The first-order valence-corrected chi connectivity index (χ1v) is 6.66. The molecule has 4 nitrogen and oxygen atoms in total. The number of halogens is 1. The monoisotopic (exact) mass is 293 g/mol. The smallest absolute Gasteiger partial charge is 0.254 e. The number of nitrogens with zero attached hydrogens (tertiary/aromatic N) is 1. The molecule has 1 aromatic carbocycles. The van der Waals surface area contributed by atoms with Gasteiger partial charge in [0.2, 0.25) is 0 Å². The first-order chi connectivity index (χ1) is 10.0. The number of aliphatic hydroxyl groups is 1. The summed E-state index contributed by atoms with van der Waals surface area (Å²) < 4.78 is 18.9. The highest BCUT2D eigenvalue weighted by Crippen LogP contribution is 2.12. The number of methoxy groups -OCH3 is 1. The van der Waals surface area contributed by atoms with E-state index in [4.69, 9.17) is 9.84 Å². The van der Waals surface area contributed by atoms with E-state index in [1.165, 1.54) is 17.0 Å². The molecule has 0 spiro atoms. The Morgan fingerprint density at radius 3 is 2.81 bits per heavy atom. The van der Waals surface area contributed by atoms with Gasteiger partial charge >= 0.3 is 0 Å². The number of ether oxygens (including phenoxy) is 1. The Balaban J connectivity index is 2.88. The third-order valence-electron chi connectivity index (χ3n) is 3.07. The van der Waals surface area contributed by atoms with Crippen LogP contribution in [0.1, 0.15) is 29.3 Å². The van der Waals surface area contributed by atoms with E-state index in [0.717, 1.165) is 0 Å². The van der Waals surface area contributed by atoms with Crippen molar-refractivity contribution in [2.45, 2.75) is 19.4 Å². The van der Waals surface area contributed by atoms with Gasteiger partial charge in [-0.15, -0.1) is 0 Å². The summed E-state index contributed by atoms with van der Waals surface area (Å²) in [6, 6.07) is 4.10. The van der Waals surface area contributed by atoms with Crippen molar-refractivity contribution in [1.82, 2.24) is 4.90 Å². The predicted octanol–water partition coefficient (Wildman–Crippen LogP) is 1.67. The zero-order valence-electron chi connectivity index (χ0n) is 12.5. The molecule has 0 fully saturated rings. The molecule has 0 saturated heterocycles. The minimum absolute atomic E-state index is 0.0621. The molecule has 5 heteroatoms. The minimum atomic E-state index is -0.543. The fourth-order valence-corrected chi connectivity index (χ4v) is 1.72. The average molecular weight is 293 g/mol. The van der Waals surface area contributed by atoms with E-state index in [2.05, 4.69) is 11.8 Å². The Hall–Kier alpha value is -1.90. The summed E-state index contributed by atoms with van der Waals surface area (Å²) >= 11 is 0. The fraction of sp³-hybridized carbons (Fsp3) is 0.438. The topological polar surface area (TPSA) is 49.8 Å². The number of carbonyl (C=O) groups is 1. The zero-order valence-corrected chi connectivity index (χ0v) is 12.5. The highest BCUT2D eigenvalue weighted by atomic mass is 19.1. The van der Waals surface area contributed by atoms with E-state index in [1.807, 2.05) is 6.92 Å². The van der Waals surface area contributed by atoms with E-state index in [-0.39, 0.29) is 36.1 Å². The maximum Gasteiger partial charge on any atom is 0.254 e. The first-order valence-electron chi connectivity index (χ1n) is 6.66. The molecule has 1 atom stereocenters. The summed E-state index contributed by atoms with van der Waals surface area (Å²) in [5.41, 5.74) is 0.484. The van der Waals surface area contributed by atoms with Crippen molar-refractivity contribution in [3.63, 3.8) is 0 Å². The Kier molecular flexibility index (Phi) is 6.86. The van der Waals surface area contributed by atoms with Crippen LogP contribution in [0.4, 0.5) is 4.39 Å². The maximum absolute atomic E-state index is 13.9. The standard InChI is InChI=1S/C16H20FNO3/c1-12(11-21-3)18(2)16(20)14-8-7-13(15(17)10-14)6-4-5-9-19/h7-8,10,12,19H,5,9,11H2,1-3H3. The van der Waals surface area contributed by atoms with E-state index in [9.17, 15) is 9.18 Å². The third-order valence-corrected chi connectivity index (χ3v) is 3.07. The Morgan fingerprint density at radius 2 is 2.24 bits per heavy atom. The summed E-state index contributed by atoms with van der Waals surface area (Å²) in [6.45, 7) is 2.20. The van der Waals surface area contributed by atoms with Crippen molar-refractivity contribution in [3.05, 3.63) is 35.1 Å². The van der Waals surface area contributed by atoms with Gasteiger partial charge in [-0.1, -0.05) is 11.8 Å². The first kappa shape index (κ1) is 17.2. The summed E-state index contributed by atoms with van der Waals surface area (Å²) in [6.07, 6.45) is 0.289. The van der Waals surface area contributed by atoms with Crippen LogP contribution >= 0.6 is 0 Å². The van der Waals surface area contributed by atoms with Gasteiger partial charge in [-0.25, -0.2) is 4.39 Å². The van der Waals surface area contributed by atoms with Crippen molar-refractivity contribution in [3.8, 4) is 11.8 Å². The van der Waals surface area contributed by atoms with Crippen molar-refractivity contribution in [2.24, 2.45) is 0 Å². The van der Waals surface area contributed by atoms with Gasteiger partial charge in [0.1, 0.15) is 5.82 Å². The number of benzene rings is 1. The molecule has 114 valence electrons. The molecular formula is C16H20FNO3. The lowest BCUT2D eigenvalue weighted by atomic mass is 10.1. The second-order valence-electron chi connectivity index (χ2n) is 4.69. The van der Waals surface area contributed by atoms with Crippen LogP contribution in [0, 0.1) is 17.7 Å². The normalized spacial score (nSPS) is 11.5. The van der Waals surface area contributed by atoms with Gasteiger partial charge in [0.15, 0.2) is 0 Å². The van der Waals surface area contributed by atoms with Gasteiger partial charge in [0.05, 0.1) is 24.8 Å². The molecule has 1 aromatic rings. The van der Waals surface area contributed by atoms with E-state index >= 15 is 0 Å². The van der Waals surface area contributed by atoms with Gasteiger partial charge in [0, 0.05) is 26.1 Å². The van der Waals surface area contributed by atoms with Crippen molar-refractivity contribution in [1.29, 1.82) is 0 Å². The lowest BCUT2D eigenvalue weighted by molar-refractivity contribution is 0.0633. The molecule has 0 radical (unpaired) electrons. The van der Waals surface area contributed by atoms with Crippen LogP contribution in [0.15, 0.2) is 18.2 Å². The molecule has 1 N–H and O–H groups in total. The summed E-state index contributed by atoms with van der Waals surface area (Å²) in [5, 5.41) is 8.63. The third kappa shape index (κ3) is 4.85. The Labute approximate surface area is 124 Å². The molecule has 0 bridgehead atoms. The number of rotatable bonds is 5. The van der Waals surface area contributed by atoms with Crippen LogP contribution in [-0.2, 0) is 4.74 Å². The van der Waals surface area contributed by atoms with Gasteiger partial charge < -0.3 is 14.7 Å². The van der Waals surface area contributed by atoms with Gasteiger partial charge in [-0.3, -0.25) is 4.79 Å². The highest BCUT2D eigenvalue weighted by molar-refractivity contribution is 5.94. The summed E-state index contributed by atoms with van der Waals surface area (Å²) in [5.74, 6) is 4.46. The number of likely N-dealkylation sites (N-methyl/N-ethyl adjacent to an activating group) is 1. The molecule has 1 unspecified atom stereocenters. The lowest BCUT2D eigenvalue weighted by Gasteiger charge is -2.24. The van der Waals surface area contributed by atoms with Crippen LogP contribution < -0.4 is 0 Å². The lowest BCUT2D eigenvalue weighted by Crippen LogP contribution is -2.37. The largest absolute Gasteiger partial charge is 0.395 e. The number of hydrogen-bond acceptors (Lipinski definition) is 3. The van der Waals surface area contributed by atoms with Crippen LogP contribution in [0.5, 0.6) is 0 Å². The molecule has 21 heavy (non-hydrogen) atoms. The SMILES string of the molecule is COCC(C)N(C)C(=O)c1ccc(C#CCCO)c(F)c1. The van der Waals surface area contributed by atoms with Crippen LogP contribution in [0.25, 0.3) is 0 Å². The number of aliphatic hydroxyl groups excluding tert-OH is 1. The highest BCUT2D eigenvalue weighted by Gasteiger charge is 2.18. The van der Waals surface area contributed by atoms with Gasteiger partial charge in [-0.2, -0.15) is 0 Å². The van der Waals surface area contributed by atoms with Crippen LogP contribution in [-0.4, -0.2) is 49.3 Å². The van der Waals surface area contributed by atoms with E-state index < -0.39 is 5.82 Å². The van der Waals surface area contributed by atoms with Crippen molar-refractivity contribution < 1.29 is 19.0 Å². The van der Waals surface area contributed by atoms with Gasteiger partial charge in [-0.05, 0) is 25.1 Å². The molecule has 0 aromatic heterocycles. The van der Waals surface area contributed by atoms with E-state index in [0.29, 0.717) is 6.61 Å². The fourth-order valence-electron chi connectivity index (χ4n) is 1.72. The number of hydrogen-bond donors (Lipinski definition) is 1. The van der Waals surface area contributed by atoms with E-state index in [1.54, 1.807) is 20.2 Å². The maximum atomic E-state index is 13.9. The molecule has 0 aliphatic rings. The second kappa shape index (κ2) is 8.40. The molecule has 1 rings (SSSR count). The molecule has 0 heterocycles. The molecule has 0 saturated carbocycles. The predicted molar refractivity (Wildman–Crippen MR) is 78.4 cm³/mol. The average Bonchev–Trinajstić information content (AvgIpc) is 2.47. The molecule has 0 aliphatic heterocycles. The summed E-state index contributed by atoms with van der Waals surface area (Å²) in [7, 11) is 3.22. The molecule has 0 aliphatic carbocycles. The molecule has 1 amide bonds. The number of amides is 1. The Bertz CT molecular complexity index is 548. The summed E-state index contributed by atoms with van der Waals surface area (Å²) in [4.78, 5) is 13.7. The molecular weight excluding hydrogens is 273 g/mol. The van der Waals surface area contributed by atoms with Gasteiger partial charge in [0.25, 0.3) is 5.91 Å². The van der Waals surface area contributed by atoms with Crippen LogP contribution in [0.3, 0.4) is 0 Å². The minimum Gasteiger partial charge on any atom is -0.395 e. The second-order valence-corrected chi connectivity index (χ2v) is 4.69. The quantitative estimate of drug-likeness (QED) is 0.840. The number of carbonyl (C=O) groups excluding carboxylic acids is 1.